The quantitative estimate of drug-likeness (QED) is 0.639. The summed E-state index contributed by atoms with van der Waals surface area (Å²) in [5, 5.41) is 0. The molecule has 7 heteroatoms. The number of hydrogen-bond acceptors (Lipinski definition) is 6. The van der Waals surface area contributed by atoms with E-state index in [1.54, 1.807) is 19.1 Å². The van der Waals surface area contributed by atoms with Crippen molar-refractivity contribution >= 4 is 15.8 Å². The maximum absolute atomic E-state index is 12.3. The van der Waals surface area contributed by atoms with Crippen molar-refractivity contribution < 1.29 is 22.4 Å². The number of carbonyl (C=O) groups is 1. The van der Waals surface area contributed by atoms with Crippen LogP contribution in [0.1, 0.15) is 21.8 Å². The second-order valence-corrected chi connectivity index (χ2v) is 7.72. The number of benzene rings is 2. The van der Waals surface area contributed by atoms with Gasteiger partial charge in [0.05, 0.1) is 10.5 Å². The SMILES string of the molecule is Cc1oc(-c2ccccc2)nc1COC(=O)c1ccccc1S(C)(=O)=O. The average molecular weight is 371 g/mol. The molecule has 0 spiro atoms. The van der Waals surface area contributed by atoms with Gasteiger partial charge in [0.2, 0.25) is 5.89 Å². The van der Waals surface area contributed by atoms with Gasteiger partial charge in [-0.15, -0.1) is 0 Å². The molecular formula is C19H17NO5S. The van der Waals surface area contributed by atoms with Crippen LogP contribution in [0.25, 0.3) is 11.5 Å². The first kappa shape index (κ1) is 17.9. The molecule has 0 saturated heterocycles. The zero-order valence-corrected chi connectivity index (χ0v) is 15.1. The lowest BCUT2D eigenvalue weighted by Crippen LogP contribution is -2.11. The van der Waals surface area contributed by atoms with Crippen molar-refractivity contribution in [3.63, 3.8) is 0 Å². The summed E-state index contributed by atoms with van der Waals surface area (Å²) in [5.74, 6) is 0.244. The minimum Gasteiger partial charge on any atom is -0.455 e. The first-order valence-corrected chi connectivity index (χ1v) is 9.73. The van der Waals surface area contributed by atoms with E-state index >= 15 is 0 Å². The van der Waals surface area contributed by atoms with Gasteiger partial charge in [-0.25, -0.2) is 18.2 Å². The minimum absolute atomic E-state index is 0.000527. The van der Waals surface area contributed by atoms with Crippen molar-refractivity contribution in [2.75, 3.05) is 6.26 Å². The Morgan fingerprint density at radius 1 is 1.08 bits per heavy atom. The summed E-state index contributed by atoms with van der Waals surface area (Å²) in [6.45, 7) is 1.62. The summed E-state index contributed by atoms with van der Waals surface area (Å²) in [4.78, 5) is 16.6. The maximum Gasteiger partial charge on any atom is 0.339 e. The van der Waals surface area contributed by atoms with Gasteiger partial charge in [-0.3, -0.25) is 0 Å². The normalized spacial score (nSPS) is 11.3. The molecule has 0 bridgehead atoms. The van der Waals surface area contributed by atoms with Crippen LogP contribution >= 0.6 is 0 Å². The number of aromatic nitrogens is 1. The molecule has 0 N–H and O–H groups in total. The van der Waals surface area contributed by atoms with Crippen LogP contribution in [-0.4, -0.2) is 25.6 Å². The van der Waals surface area contributed by atoms with E-state index in [4.69, 9.17) is 9.15 Å². The molecule has 0 radical (unpaired) electrons. The molecule has 0 amide bonds. The first-order chi connectivity index (χ1) is 12.4. The van der Waals surface area contributed by atoms with Crippen LogP contribution in [0.15, 0.2) is 63.9 Å². The van der Waals surface area contributed by atoms with Gasteiger partial charge in [-0.2, -0.15) is 0 Å². The summed E-state index contributed by atoms with van der Waals surface area (Å²) in [5.41, 5.74) is 1.30. The summed E-state index contributed by atoms with van der Waals surface area (Å²) in [7, 11) is -3.54. The second kappa shape index (κ2) is 7.13. The van der Waals surface area contributed by atoms with Gasteiger partial charge in [0.25, 0.3) is 0 Å². The van der Waals surface area contributed by atoms with E-state index < -0.39 is 15.8 Å². The predicted octanol–water partition coefficient (Wildman–Crippen LogP) is 3.41. The number of aryl methyl sites for hydroxylation is 1. The molecule has 3 rings (SSSR count). The van der Waals surface area contributed by atoms with Crippen LogP contribution < -0.4 is 0 Å². The van der Waals surface area contributed by atoms with Gasteiger partial charge in [0.15, 0.2) is 9.84 Å². The Balaban J connectivity index is 1.78. The Kier molecular flexibility index (Phi) is 4.90. The van der Waals surface area contributed by atoms with Crippen molar-refractivity contribution in [2.24, 2.45) is 0 Å². The Morgan fingerprint density at radius 2 is 1.73 bits per heavy atom. The topological polar surface area (TPSA) is 86.5 Å². The predicted molar refractivity (Wildman–Crippen MR) is 95.3 cm³/mol. The summed E-state index contributed by atoms with van der Waals surface area (Å²) in [6, 6.07) is 15.3. The number of rotatable bonds is 5. The molecule has 0 fully saturated rings. The number of sulfone groups is 1. The van der Waals surface area contributed by atoms with Crippen molar-refractivity contribution in [1.29, 1.82) is 0 Å². The number of carbonyl (C=O) groups excluding carboxylic acids is 1. The second-order valence-electron chi connectivity index (χ2n) is 5.73. The van der Waals surface area contributed by atoms with Crippen molar-refractivity contribution in [3.05, 3.63) is 71.6 Å². The highest BCUT2D eigenvalue weighted by Gasteiger charge is 2.20. The molecule has 2 aromatic carbocycles. The van der Waals surface area contributed by atoms with E-state index in [-0.39, 0.29) is 17.1 Å². The third-order valence-corrected chi connectivity index (χ3v) is 4.91. The molecular weight excluding hydrogens is 354 g/mol. The fourth-order valence-electron chi connectivity index (χ4n) is 2.44. The highest BCUT2D eigenvalue weighted by Crippen LogP contribution is 2.22. The summed E-state index contributed by atoms with van der Waals surface area (Å²) < 4.78 is 34.5. The summed E-state index contributed by atoms with van der Waals surface area (Å²) in [6.07, 6.45) is 1.05. The number of ether oxygens (including phenoxy) is 1. The monoisotopic (exact) mass is 371 g/mol. The molecule has 6 nitrogen and oxygen atoms in total. The van der Waals surface area contributed by atoms with E-state index in [1.807, 2.05) is 30.3 Å². The number of oxazole rings is 1. The van der Waals surface area contributed by atoms with Gasteiger partial charge < -0.3 is 9.15 Å². The zero-order valence-electron chi connectivity index (χ0n) is 14.3. The molecule has 0 aliphatic rings. The van der Waals surface area contributed by atoms with Crippen LogP contribution in [0.3, 0.4) is 0 Å². The molecule has 0 saturated carbocycles. The molecule has 26 heavy (non-hydrogen) atoms. The Labute approximate surface area is 151 Å². The Morgan fingerprint density at radius 3 is 2.42 bits per heavy atom. The summed E-state index contributed by atoms with van der Waals surface area (Å²) >= 11 is 0. The van der Waals surface area contributed by atoms with Crippen LogP contribution in [0, 0.1) is 6.92 Å². The lowest BCUT2D eigenvalue weighted by atomic mass is 10.2. The third kappa shape index (κ3) is 3.83. The first-order valence-electron chi connectivity index (χ1n) is 7.84. The lowest BCUT2D eigenvalue weighted by Gasteiger charge is -2.07. The molecule has 1 aromatic heterocycles. The van der Waals surface area contributed by atoms with Crippen LogP contribution in [0.4, 0.5) is 0 Å². The van der Waals surface area contributed by atoms with Crippen LogP contribution in [0.2, 0.25) is 0 Å². The van der Waals surface area contributed by atoms with Gasteiger partial charge in [0.1, 0.15) is 18.1 Å². The van der Waals surface area contributed by atoms with Crippen molar-refractivity contribution in [2.45, 2.75) is 18.4 Å². The zero-order chi connectivity index (χ0) is 18.7. The van der Waals surface area contributed by atoms with Gasteiger partial charge in [-0.1, -0.05) is 30.3 Å². The molecule has 134 valence electrons. The van der Waals surface area contributed by atoms with Gasteiger partial charge in [-0.05, 0) is 31.2 Å². The van der Waals surface area contributed by atoms with E-state index in [0.717, 1.165) is 11.8 Å². The largest absolute Gasteiger partial charge is 0.455 e. The maximum atomic E-state index is 12.3. The number of esters is 1. The lowest BCUT2D eigenvalue weighted by molar-refractivity contribution is 0.0462. The van der Waals surface area contributed by atoms with Crippen LogP contribution in [-0.2, 0) is 21.2 Å². The number of hydrogen-bond donors (Lipinski definition) is 0. The van der Waals surface area contributed by atoms with E-state index in [2.05, 4.69) is 4.98 Å². The smallest absolute Gasteiger partial charge is 0.339 e. The van der Waals surface area contributed by atoms with E-state index in [9.17, 15) is 13.2 Å². The highest BCUT2D eigenvalue weighted by atomic mass is 32.2. The van der Waals surface area contributed by atoms with E-state index in [1.165, 1.54) is 12.1 Å². The molecule has 0 aliphatic heterocycles. The van der Waals surface area contributed by atoms with Crippen molar-refractivity contribution in [3.8, 4) is 11.5 Å². The third-order valence-electron chi connectivity index (χ3n) is 3.76. The number of nitrogens with zero attached hydrogens (tertiary/aromatic N) is 1. The molecule has 0 atom stereocenters. The Bertz CT molecular complexity index is 1040. The van der Waals surface area contributed by atoms with E-state index in [0.29, 0.717) is 17.3 Å². The molecule has 3 aromatic rings. The molecule has 0 aliphatic carbocycles. The minimum atomic E-state index is -3.54. The molecule has 1 heterocycles. The fraction of sp³-hybridized carbons (Fsp3) is 0.158. The average Bonchev–Trinajstić information content (AvgIpc) is 3.00. The Hall–Kier alpha value is -2.93. The highest BCUT2D eigenvalue weighted by molar-refractivity contribution is 7.90. The van der Waals surface area contributed by atoms with Crippen molar-refractivity contribution in [1.82, 2.24) is 4.98 Å². The van der Waals surface area contributed by atoms with Crippen LogP contribution in [0.5, 0.6) is 0 Å². The fourth-order valence-corrected chi connectivity index (χ4v) is 3.31. The van der Waals surface area contributed by atoms with Gasteiger partial charge >= 0.3 is 5.97 Å². The molecule has 0 unspecified atom stereocenters. The van der Waals surface area contributed by atoms with Gasteiger partial charge in [0, 0.05) is 11.8 Å². The standard InChI is InChI=1S/C19H17NO5S/c1-13-16(20-18(25-13)14-8-4-3-5-9-14)12-24-19(21)15-10-6-7-11-17(15)26(2,22)23/h3-11H,12H2,1-2H3.